The van der Waals surface area contributed by atoms with Crippen molar-refractivity contribution in [2.75, 3.05) is 12.4 Å². The summed E-state index contributed by atoms with van der Waals surface area (Å²) in [5.74, 6) is -0.204. The van der Waals surface area contributed by atoms with Gasteiger partial charge in [-0.2, -0.15) is 5.26 Å². The number of nitrogens with one attached hydrogen (secondary N) is 1. The van der Waals surface area contributed by atoms with Gasteiger partial charge in [-0.05, 0) is 57.8 Å². The van der Waals surface area contributed by atoms with Gasteiger partial charge in [-0.25, -0.2) is 0 Å². The van der Waals surface area contributed by atoms with Gasteiger partial charge < -0.3 is 15.2 Å². The Morgan fingerprint density at radius 2 is 1.96 bits per heavy atom. The van der Waals surface area contributed by atoms with Gasteiger partial charge in [0.25, 0.3) is 5.91 Å². The maximum absolute atomic E-state index is 12.6. The molecule has 3 rings (SSSR count). The van der Waals surface area contributed by atoms with Crippen LogP contribution in [-0.4, -0.2) is 18.1 Å². The predicted molar refractivity (Wildman–Crippen MR) is 114 cm³/mol. The van der Waals surface area contributed by atoms with Gasteiger partial charge >= 0.3 is 0 Å². The number of rotatable bonds is 4. The summed E-state index contributed by atoms with van der Waals surface area (Å²) >= 11 is 1.96. The molecule has 0 bridgehead atoms. The zero-order valence-electron chi connectivity index (χ0n) is 14.4. The Bertz CT molecular complexity index is 1100. The molecule has 0 atom stereocenters. The molecule has 1 amide bonds. The number of benzene rings is 3. The van der Waals surface area contributed by atoms with Gasteiger partial charge in [0, 0.05) is 11.1 Å². The quantitative estimate of drug-likeness (QED) is 0.329. The number of anilines is 1. The first kappa shape index (κ1) is 18.7. The monoisotopic (exact) mass is 470 g/mol. The molecule has 0 radical (unpaired) electrons. The summed E-state index contributed by atoms with van der Waals surface area (Å²) in [7, 11) is 1.44. The van der Waals surface area contributed by atoms with E-state index in [0.29, 0.717) is 14.8 Å². The molecule has 0 aliphatic carbocycles. The average molecular weight is 470 g/mol. The van der Waals surface area contributed by atoms with Crippen molar-refractivity contribution in [3.8, 4) is 17.6 Å². The fourth-order valence-corrected chi connectivity index (χ4v) is 3.30. The molecule has 3 aromatic carbocycles. The van der Waals surface area contributed by atoms with Crippen LogP contribution in [-0.2, 0) is 4.79 Å². The highest BCUT2D eigenvalue weighted by Gasteiger charge is 2.13. The Kier molecular flexibility index (Phi) is 5.62. The van der Waals surface area contributed by atoms with Gasteiger partial charge in [-0.3, -0.25) is 4.79 Å². The molecule has 0 aliphatic rings. The van der Waals surface area contributed by atoms with Crippen LogP contribution in [0.5, 0.6) is 11.5 Å². The molecular weight excluding hydrogens is 455 g/mol. The van der Waals surface area contributed by atoms with Crippen LogP contribution < -0.4 is 10.1 Å². The second-order valence-electron chi connectivity index (χ2n) is 5.70. The number of phenols is 1. The van der Waals surface area contributed by atoms with Crippen LogP contribution in [0.1, 0.15) is 5.56 Å². The normalized spacial score (nSPS) is 11.1. The second-order valence-corrected chi connectivity index (χ2v) is 6.87. The first-order valence-corrected chi connectivity index (χ1v) is 9.08. The lowest BCUT2D eigenvalue weighted by Gasteiger charge is -2.09. The van der Waals surface area contributed by atoms with E-state index in [-0.39, 0.29) is 17.1 Å². The molecule has 2 N–H and O–H groups in total. The average Bonchev–Trinajstić information content (AvgIpc) is 2.68. The third-order valence-electron chi connectivity index (χ3n) is 3.98. The smallest absolute Gasteiger partial charge is 0.266 e. The van der Waals surface area contributed by atoms with Gasteiger partial charge in [0.2, 0.25) is 0 Å². The van der Waals surface area contributed by atoms with E-state index in [0.717, 1.165) is 10.8 Å². The Balaban J connectivity index is 1.94. The van der Waals surface area contributed by atoms with Crippen molar-refractivity contribution in [2.24, 2.45) is 0 Å². The topological polar surface area (TPSA) is 82.3 Å². The summed E-state index contributed by atoms with van der Waals surface area (Å²) in [6.07, 6.45) is 1.46. The van der Waals surface area contributed by atoms with Crippen molar-refractivity contribution in [1.29, 1.82) is 5.26 Å². The molecule has 0 fully saturated rings. The summed E-state index contributed by atoms with van der Waals surface area (Å²) < 4.78 is 5.68. The molecule has 6 heteroatoms. The molecule has 0 heterocycles. The van der Waals surface area contributed by atoms with E-state index in [1.807, 2.05) is 65.1 Å². The summed E-state index contributed by atoms with van der Waals surface area (Å²) in [5.41, 5.74) is 1.17. The van der Waals surface area contributed by atoms with Crippen molar-refractivity contribution < 1.29 is 14.6 Å². The zero-order valence-corrected chi connectivity index (χ0v) is 16.5. The standard InChI is InChI=1S/C21H15IN2O3/c1-27-19-11-13(10-17(22)20(19)25)9-15(12-23)21(26)24-18-8-4-6-14-5-2-3-7-16(14)18/h2-11,25H,1H3,(H,24,26)/b15-9+. The lowest BCUT2D eigenvalue weighted by Crippen LogP contribution is -2.13. The number of amides is 1. The number of halogens is 1. The summed E-state index contributed by atoms with van der Waals surface area (Å²) in [6, 6.07) is 18.5. The Morgan fingerprint density at radius 1 is 1.22 bits per heavy atom. The molecular formula is C21H15IN2O3. The third-order valence-corrected chi connectivity index (χ3v) is 4.81. The number of nitrogens with zero attached hydrogens (tertiary/aromatic N) is 1. The highest BCUT2D eigenvalue weighted by molar-refractivity contribution is 14.1. The van der Waals surface area contributed by atoms with Crippen LogP contribution >= 0.6 is 22.6 Å². The fraction of sp³-hybridized carbons (Fsp3) is 0.0476. The maximum atomic E-state index is 12.6. The van der Waals surface area contributed by atoms with E-state index in [1.54, 1.807) is 18.2 Å². The zero-order chi connectivity index (χ0) is 19.4. The highest BCUT2D eigenvalue weighted by atomic mass is 127. The number of aromatic hydroxyl groups is 1. The van der Waals surface area contributed by atoms with Crippen LogP contribution in [0.15, 0.2) is 60.2 Å². The van der Waals surface area contributed by atoms with Crippen molar-refractivity contribution in [2.45, 2.75) is 0 Å². The third kappa shape index (κ3) is 4.04. The first-order valence-electron chi connectivity index (χ1n) is 8.01. The minimum atomic E-state index is -0.504. The Labute approximate surface area is 170 Å². The van der Waals surface area contributed by atoms with Gasteiger partial charge in [-0.15, -0.1) is 0 Å². The number of nitriles is 1. The van der Waals surface area contributed by atoms with E-state index < -0.39 is 5.91 Å². The molecule has 0 saturated carbocycles. The predicted octanol–water partition coefficient (Wildman–Crippen LogP) is 4.70. The summed E-state index contributed by atoms with van der Waals surface area (Å²) in [6.45, 7) is 0. The van der Waals surface area contributed by atoms with Gasteiger partial charge in [0.15, 0.2) is 11.5 Å². The van der Waals surface area contributed by atoms with E-state index in [1.165, 1.54) is 13.2 Å². The van der Waals surface area contributed by atoms with Crippen LogP contribution in [0.2, 0.25) is 0 Å². The SMILES string of the molecule is COc1cc(/C=C(\C#N)C(=O)Nc2cccc3ccccc23)cc(I)c1O. The summed E-state index contributed by atoms with van der Waals surface area (Å²) in [4.78, 5) is 12.6. The number of carbonyl (C=O) groups is 1. The van der Waals surface area contributed by atoms with E-state index in [4.69, 9.17) is 4.74 Å². The number of methoxy groups -OCH3 is 1. The lowest BCUT2D eigenvalue weighted by atomic mass is 10.1. The molecule has 134 valence electrons. The van der Waals surface area contributed by atoms with Gasteiger partial charge in [0.1, 0.15) is 11.6 Å². The maximum Gasteiger partial charge on any atom is 0.266 e. The molecule has 0 unspecified atom stereocenters. The lowest BCUT2D eigenvalue weighted by molar-refractivity contribution is -0.112. The molecule has 27 heavy (non-hydrogen) atoms. The van der Waals surface area contributed by atoms with Crippen molar-refractivity contribution in [3.05, 3.63) is 69.3 Å². The molecule has 0 aliphatic heterocycles. The number of fused-ring (bicyclic) bond motifs is 1. The van der Waals surface area contributed by atoms with E-state index >= 15 is 0 Å². The van der Waals surface area contributed by atoms with Crippen LogP contribution in [0.3, 0.4) is 0 Å². The van der Waals surface area contributed by atoms with Crippen LogP contribution in [0, 0.1) is 14.9 Å². The number of carbonyl (C=O) groups excluding carboxylic acids is 1. The van der Waals surface area contributed by atoms with E-state index in [9.17, 15) is 15.2 Å². The number of phenolic OH excluding ortho intramolecular Hbond substituents is 1. The van der Waals surface area contributed by atoms with Crippen molar-refractivity contribution in [1.82, 2.24) is 0 Å². The van der Waals surface area contributed by atoms with Crippen LogP contribution in [0.25, 0.3) is 16.8 Å². The summed E-state index contributed by atoms with van der Waals surface area (Å²) in [5, 5.41) is 24.0. The first-order chi connectivity index (χ1) is 13.0. The number of hydrogen-bond donors (Lipinski definition) is 2. The molecule has 0 aromatic heterocycles. The minimum Gasteiger partial charge on any atom is -0.504 e. The van der Waals surface area contributed by atoms with E-state index in [2.05, 4.69) is 5.32 Å². The minimum absolute atomic E-state index is 0.0222. The molecule has 3 aromatic rings. The van der Waals surface area contributed by atoms with Crippen molar-refractivity contribution in [3.63, 3.8) is 0 Å². The number of hydrogen-bond acceptors (Lipinski definition) is 4. The largest absolute Gasteiger partial charge is 0.504 e. The van der Waals surface area contributed by atoms with Crippen LogP contribution in [0.4, 0.5) is 5.69 Å². The fourth-order valence-electron chi connectivity index (χ4n) is 2.67. The highest BCUT2D eigenvalue weighted by Crippen LogP contribution is 2.33. The molecule has 5 nitrogen and oxygen atoms in total. The van der Waals surface area contributed by atoms with Gasteiger partial charge in [-0.1, -0.05) is 36.4 Å². The van der Waals surface area contributed by atoms with Gasteiger partial charge in [0.05, 0.1) is 10.7 Å². The number of ether oxygens (including phenoxy) is 1. The molecule has 0 saturated heterocycles. The van der Waals surface area contributed by atoms with Crippen molar-refractivity contribution >= 4 is 51.0 Å². The molecule has 0 spiro atoms. The second kappa shape index (κ2) is 8.10. The Hall–Kier alpha value is -3.05. The Morgan fingerprint density at radius 3 is 2.70 bits per heavy atom.